The van der Waals surface area contributed by atoms with Gasteiger partial charge < -0.3 is 10.6 Å². The summed E-state index contributed by atoms with van der Waals surface area (Å²) >= 11 is 0. The molecular weight excluding hydrogens is 361 g/mol. The van der Waals surface area contributed by atoms with E-state index in [4.69, 9.17) is 0 Å². The molecule has 2 aromatic carbocycles. The lowest BCUT2D eigenvalue weighted by molar-refractivity contribution is -0.119. The number of urea groups is 1. The summed E-state index contributed by atoms with van der Waals surface area (Å²) in [7, 11) is 0. The number of imidazole rings is 1. The van der Waals surface area contributed by atoms with E-state index in [1.165, 1.54) is 18.5 Å². The average molecular weight is 383 g/mol. The molecule has 7 nitrogen and oxygen atoms in total. The molecule has 146 valence electrons. The van der Waals surface area contributed by atoms with E-state index >= 15 is 0 Å². The lowest BCUT2D eigenvalue weighted by Gasteiger charge is -2.18. The fourth-order valence-electron chi connectivity index (χ4n) is 2.80. The normalized spacial score (nSPS) is 11.8. The second-order valence-electron chi connectivity index (χ2n) is 6.37. The van der Waals surface area contributed by atoms with Gasteiger partial charge in [0.2, 0.25) is 0 Å². The van der Waals surface area contributed by atoms with Crippen molar-refractivity contribution in [3.63, 3.8) is 0 Å². The van der Waals surface area contributed by atoms with Crippen LogP contribution in [-0.4, -0.2) is 27.6 Å². The number of amides is 3. The van der Waals surface area contributed by atoms with Crippen LogP contribution in [-0.2, 0) is 11.3 Å². The molecule has 0 aliphatic heterocycles. The van der Waals surface area contributed by atoms with Gasteiger partial charge in [0.1, 0.15) is 18.2 Å². The van der Waals surface area contributed by atoms with Crippen molar-refractivity contribution in [2.24, 2.45) is 0 Å². The average Bonchev–Trinajstić information content (AvgIpc) is 3.10. The number of fused-ring (bicyclic) bond motifs is 1. The van der Waals surface area contributed by atoms with Crippen LogP contribution in [0.15, 0.2) is 54.9 Å². The quantitative estimate of drug-likeness (QED) is 0.586. The fraction of sp³-hybridized carbons (Fsp3) is 0.250. The summed E-state index contributed by atoms with van der Waals surface area (Å²) in [5.74, 6) is -0.665. The van der Waals surface area contributed by atoms with E-state index in [9.17, 15) is 14.0 Å². The van der Waals surface area contributed by atoms with Crippen molar-refractivity contribution in [3.8, 4) is 0 Å². The molecule has 0 saturated heterocycles. The number of carbonyl (C=O) groups excluding carboxylic acids is 2. The number of aromatic nitrogens is 2. The molecule has 1 unspecified atom stereocenters. The smallest absolute Gasteiger partial charge is 0.315 e. The predicted octanol–water partition coefficient (Wildman–Crippen LogP) is 2.91. The summed E-state index contributed by atoms with van der Waals surface area (Å²) in [6.45, 7) is 2.17. The highest BCUT2D eigenvalue weighted by Gasteiger charge is 2.20. The number of rotatable bonds is 7. The van der Waals surface area contributed by atoms with Crippen LogP contribution in [0.2, 0.25) is 0 Å². The fourth-order valence-corrected chi connectivity index (χ4v) is 2.80. The van der Waals surface area contributed by atoms with Crippen LogP contribution in [0.4, 0.5) is 9.18 Å². The summed E-state index contributed by atoms with van der Waals surface area (Å²) < 4.78 is 14.5. The Bertz CT molecular complexity index is 955. The SMILES string of the molecule is CCCC(NC(=O)NCc1ccc(F)cc1)C(=O)Nn1cnc2ccccc21. The van der Waals surface area contributed by atoms with E-state index in [2.05, 4.69) is 21.0 Å². The molecule has 0 bridgehead atoms. The minimum atomic E-state index is -0.695. The van der Waals surface area contributed by atoms with Crippen molar-refractivity contribution < 1.29 is 14.0 Å². The maximum atomic E-state index is 12.9. The third-order valence-electron chi connectivity index (χ3n) is 4.25. The molecule has 0 spiro atoms. The van der Waals surface area contributed by atoms with Crippen molar-refractivity contribution >= 4 is 23.0 Å². The number of nitrogens with zero attached hydrogens (tertiary/aromatic N) is 2. The topological polar surface area (TPSA) is 88.0 Å². The van der Waals surface area contributed by atoms with Gasteiger partial charge in [0.25, 0.3) is 5.91 Å². The Kier molecular flexibility index (Phi) is 6.21. The molecule has 3 rings (SSSR count). The van der Waals surface area contributed by atoms with Crippen LogP contribution in [0.3, 0.4) is 0 Å². The van der Waals surface area contributed by atoms with Gasteiger partial charge in [-0.1, -0.05) is 37.6 Å². The highest BCUT2D eigenvalue weighted by atomic mass is 19.1. The number of hydrogen-bond donors (Lipinski definition) is 3. The van der Waals surface area contributed by atoms with Gasteiger partial charge in [0.05, 0.1) is 11.0 Å². The number of para-hydroxylation sites is 2. The van der Waals surface area contributed by atoms with E-state index in [1.54, 1.807) is 16.8 Å². The van der Waals surface area contributed by atoms with Gasteiger partial charge in [-0.05, 0) is 36.2 Å². The Hall–Kier alpha value is -3.42. The molecule has 1 heterocycles. The molecular formula is C20H22FN5O2. The molecule has 8 heteroatoms. The number of nitrogens with one attached hydrogen (secondary N) is 3. The van der Waals surface area contributed by atoms with Crippen LogP contribution in [0.25, 0.3) is 11.0 Å². The van der Waals surface area contributed by atoms with Crippen molar-refractivity contribution in [2.75, 3.05) is 5.43 Å². The van der Waals surface area contributed by atoms with Gasteiger partial charge in [0, 0.05) is 6.54 Å². The molecule has 1 atom stereocenters. The molecule has 28 heavy (non-hydrogen) atoms. The van der Waals surface area contributed by atoms with E-state index in [0.29, 0.717) is 6.42 Å². The molecule has 0 aliphatic rings. The van der Waals surface area contributed by atoms with E-state index in [-0.39, 0.29) is 18.3 Å². The molecule has 3 amide bonds. The summed E-state index contributed by atoms with van der Waals surface area (Å²) in [4.78, 5) is 29.1. The van der Waals surface area contributed by atoms with Crippen molar-refractivity contribution in [2.45, 2.75) is 32.4 Å². The number of halogens is 1. The predicted molar refractivity (Wildman–Crippen MR) is 105 cm³/mol. The zero-order chi connectivity index (χ0) is 19.9. The van der Waals surface area contributed by atoms with E-state index in [1.807, 2.05) is 31.2 Å². The zero-order valence-electron chi connectivity index (χ0n) is 15.5. The minimum Gasteiger partial charge on any atom is -0.334 e. The Morgan fingerprint density at radius 2 is 1.89 bits per heavy atom. The molecule has 3 aromatic rings. The van der Waals surface area contributed by atoms with Crippen LogP contribution in [0.5, 0.6) is 0 Å². The molecule has 0 saturated carbocycles. The first-order chi connectivity index (χ1) is 13.6. The number of carbonyl (C=O) groups is 2. The first-order valence-electron chi connectivity index (χ1n) is 9.08. The van der Waals surface area contributed by atoms with Crippen LogP contribution >= 0.6 is 0 Å². The summed E-state index contributed by atoms with van der Waals surface area (Å²) in [5.41, 5.74) is 5.06. The maximum absolute atomic E-state index is 12.9. The van der Waals surface area contributed by atoms with Gasteiger partial charge in [0.15, 0.2) is 0 Å². The Morgan fingerprint density at radius 1 is 1.14 bits per heavy atom. The first-order valence-corrected chi connectivity index (χ1v) is 9.08. The second-order valence-corrected chi connectivity index (χ2v) is 6.37. The summed E-state index contributed by atoms with van der Waals surface area (Å²) in [6.07, 6.45) is 2.74. The standard InChI is InChI=1S/C20H22FN5O2/c1-2-5-17(24-20(28)22-12-14-8-10-15(21)11-9-14)19(27)25-26-13-23-16-6-3-4-7-18(16)26/h3-4,6-11,13,17H,2,5,12H2,1H3,(H,25,27)(H2,22,24,28). The molecule has 0 fully saturated rings. The van der Waals surface area contributed by atoms with E-state index in [0.717, 1.165) is 23.0 Å². The summed E-state index contributed by atoms with van der Waals surface area (Å²) in [6, 6.07) is 12.1. The Morgan fingerprint density at radius 3 is 2.64 bits per heavy atom. The third kappa shape index (κ3) is 4.85. The van der Waals surface area contributed by atoms with Gasteiger partial charge in [-0.25, -0.2) is 18.8 Å². The van der Waals surface area contributed by atoms with Gasteiger partial charge >= 0.3 is 6.03 Å². The lowest BCUT2D eigenvalue weighted by Crippen LogP contribution is -2.49. The minimum absolute atomic E-state index is 0.235. The van der Waals surface area contributed by atoms with Crippen LogP contribution in [0.1, 0.15) is 25.3 Å². The van der Waals surface area contributed by atoms with Gasteiger partial charge in [-0.3, -0.25) is 10.2 Å². The molecule has 0 radical (unpaired) electrons. The molecule has 0 aliphatic carbocycles. The van der Waals surface area contributed by atoms with Crippen molar-refractivity contribution in [1.82, 2.24) is 20.3 Å². The zero-order valence-corrected chi connectivity index (χ0v) is 15.5. The van der Waals surface area contributed by atoms with Gasteiger partial charge in [-0.2, -0.15) is 0 Å². The van der Waals surface area contributed by atoms with Crippen LogP contribution in [0, 0.1) is 5.82 Å². The monoisotopic (exact) mass is 383 g/mol. The van der Waals surface area contributed by atoms with Crippen molar-refractivity contribution in [1.29, 1.82) is 0 Å². The second kappa shape index (κ2) is 8.98. The van der Waals surface area contributed by atoms with E-state index < -0.39 is 12.1 Å². The van der Waals surface area contributed by atoms with Gasteiger partial charge in [-0.15, -0.1) is 0 Å². The lowest BCUT2D eigenvalue weighted by atomic mass is 10.1. The molecule has 3 N–H and O–H groups in total. The third-order valence-corrected chi connectivity index (χ3v) is 4.25. The number of benzene rings is 2. The highest BCUT2D eigenvalue weighted by molar-refractivity contribution is 5.93. The summed E-state index contributed by atoms with van der Waals surface area (Å²) in [5, 5.41) is 5.37. The maximum Gasteiger partial charge on any atom is 0.315 e. The van der Waals surface area contributed by atoms with Crippen LogP contribution < -0.4 is 16.1 Å². The van der Waals surface area contributed by atoms with Crippen molar-refractivity contribution in [3.05, 3.63) is 66.2 Å². The largest absolute Gasteiger partial charge is 0.334 e. The Labute approximate surface area is 161 Å². The number of hydrogen-bond acceptors (Lipinski definition) is 3. The molecule has 1 aromatic heterocycles. The Balaban J connectivity index is 1.59. The highest BCUT2D eigenvalue weighted by Crippen LogP contribution is 2.10. The first kappa shape index (κ1) is 19.3.